The lowest BCUT2D eigenvalue weighted by Crippen LogP contribution is -2.13. The maximum atomic E-state index is 6.76. The van der Waals surface area contributed by atoms with Crippen LogP contribution in [-0.2, 0) is 0 Å². The van der Waals surface area contributed by atoms with Crippen LogP contribution in [0.4, 0.5) is 34.1 Å². The van der Waals surface area contributed by atoms with Gasteiger partial charge in [-0.1, -0.05) is 164 Å². The van der Waals surface area contributed by atoms with Crippen molar-refractivity contribution in [3.63, 3.8) is 0 Å². The minimum Gasteiger partial charge on any atom is -0.456 e. The molecule has 1 aromatic heterocycles. The number of furan rings is 1. The van der Waals surface area contributed by atoms with E-state index in [0.29, 0.717) is 0 Å². The summed E-state index contributed by atoms with van der Waals surface area (Å²) in [4.78, 5) is 4.70. The summed E-state index contributed by atoms with van der Waals surface area (Å²) in [7, 11) is 0. The highest BCUT2D eigenvalue weighted by atomic mass is 16.3. The normalized spacial score (nSPS) is 11.4. The molecule has 11 aromatic rings. The number of benzene rings is 10. The van der Waals surface area contributed by atoms with E-state index in [9.17, 15) is 0 Å². The van der Waals surface area contributed by atoms with Crippen molar-refractivity contribution in [3.8, 4) is 22.3 Å². The Labute approximate surface area is 343 Å². The largest absolute Gasteiger partial charge is 0.456 e. The third-order valence-electron chi connectivity index (χ3n) is 11.4. The van der Waals surface area contributed by atoms with Crippen LogP contribution in [0.5, 0.6) is 0 Å². The molecule has 0 atom stereocenters. The molecule has 10 aromatic carbocycles. The Morgan fingerprint density at radius 1 is 0.288 bits per heavy atom. The summed E-state index contributed by atoms with van der Waals surface area (Å²) < 4.78 is 6.76. The van der Waals surface area contributed by atoms with Crippen LogP contribution >= 0.6 is 0 Å². The maximum Gasteiger partial charge on any atom is 0.139 e. The van der Waals surface area contributed by atoms with Crippen LogP contribution in [0, 0.1) is 0 Å². The zero-order chi connectivity index (χ0) is 39.1. The van der Waals surface area contributed by atoms with Crippen molar-refractivity contribution >= 4 is 77.6 Å². The van der Waals surface area contributed by atoms with E-state index in [2.05, 4.69) is 234 Å². The van der Waals surface area contributed by atoms with Crippen molar-refractivity contribution in [3.05, 3.63) is 231 Å². The van der Waals surface area contributed by atoms with Gasteiger partial charge in [-0.15, -0.1) is 0 Å². The van der Waals surface area contributed by atoms with E-state index in [1.165, 1.54) is 43.8 Å². The summed E-state index contributed by atoms with van der Waals surface area (Å²) >= 11 is 0. The monoisotopic (exact) mass is 754 g/mol. The second-order valence-electron chi connectivity index (χ2n) is 14.9. The number of rotatable bonds is 8. The van der Waals surface area contributed by atoms with Crippen molar-refractivity contribution < 1.29 is 4.42 Å². The maximum absolute atomic E-state index is 6.76. The molecule has 0 aliphatic rings. The van der Waals surface area contributed by atoms with Gasteiger partial charge < -0.3 is 14.2 Å². The molecular formula is C56H38N2O. The van der Waals surface area contributed by atoms with Crippen molar-refractivity contribution in [1.29, 1.82) is 0 Å². The molecule has 0 spiro atoms. The summed E-state index contributed by atoms with van der Waals surface area (Å²) in [5.41, 5.74) is 12.7. The van der Waals surface area contributed by atoms with E-state index in [1.54, 1.807) is 0 Å². The number of para-hydroxylation sites is 3. The van der Waals surface area contributed by atoms with Gasteiger partial charge in [-0.25, -0.2) is 0 Å². The number of anilines is 6. The number of hydrogen-bond donors (Lipinski definition) is 0. The molecule has 0 N–H and O–H groups in total. The lowest BCUT2D eigenvalue weighted by molar-refractivity contribution is 0.669. The molecule has 11 rings (SSSR count). The topological polar surface area (TPSA) is 19.6 Å². The fourth-order valence-electron chi connectivity index (χ4n) is 8.69. The minimum absolute atomic E-state index is 0.820. The summed E-state index contributed by atoms with van der Waals surface area (Å²) in [5, 5.41) is 7.09. The molecule has 0 aliphatic heterocycles. The van der Waals surface area contributed by atoms with Crippen molar-refractivity contribution in [2.75, 3.05) is 9.80 Å². The van der Waals surface area contributed by atoms with Gasteiger partial charge in [0.25, 0.3) is 0 Å². The highest BCUT2D eigenvalue weighted by molar-refractivity contribution is 6.15. The molecule has 0 amide bonds. The van der Waals surface area contributed by atoms with E-state index in [1.807, 2.05) is 6.07 Å². The van der Waals surface area contributed by atoms with Gasteiger partial charge in [0.15, 0.2) is 0 Å². The Morgan fingerprint density at radius 3 is 1.31 bits per heavy atom. The van der Waals surface area contributed by atoms with E-state index in [0.717, 1.165) is 56.1 Å². The highest BCUT2D eigenvalue weighted by Crippen LogP contribution is 2.48. The van der Waals surface area contributed by atoms with Crippen LogP contribution in [0.1, 0.15) is 0 Å². The molecule has 3 nitrogen and oxygen atoms in total. The molecule has 0 unspecified atom stereocenters. The molecule has 0 aliphatic carbocycles. The lowest BCUT2D eigenvalue weighted by atomic mass is 9.98. The van der Waals surface area contributed by atoms with Gasteiger partial charge >= 0.3 is 0 Å². The Kier molecular flexibility index (Phi) is 8.49. The smallest absolute Gasteiger partial charge is 0.139 e. The van der Waals surface area contributed by atoms with Crippen LogP contribution in [0.25, 0.3) is 65.7 Å². The lowest BCUT2D eigenvalue weighted by Gasteiger charge is -2.30. The SMILES string of the molecule is c1ccc(N(c2ccc(-c3cccc4ccccc34)cc2)c2cc(N(c3ccccc3)c3ccc(-c4cccc5ccccc45)cc3)c3c(c2)oc2ccccc23)cc1. The molecule has 59 heavy (non-hydrogen) atoms. The molecule has 0 saturated heterocycles. The predicted molar refractivity (Wildman–Crippen MR) is 249 cm³/mol. The standard InChI is InChI=1S/C56H38N2O/c1-3-19-43(20-4-1)57(45-33-29-41(30-34-45)50-26-13-17-39-15-7-9-23-48(39)50)47-37-53(56-52-25-11-12-28-54(52)59-55(56)38-47)58(44-21-5-2-6-22-44)46-35-31-42(32-36-46)51-27-14-18-40-16-8-10-24-49(40)51/h1-38H. The van der Waals surface area contributed by atoms with Crippen LogP contribution < -0.4 is 9.80 Å². The van der Waals surface area contributed by atoms with Gasteiger partial charge in [-0.2, -0.15) is 0 Å². The van der Waals surface area contributed by atoms with Gasteiger partial charge in [0.05, 0.1) is 16.8 Å². The second-order valence-corrected chi connectivity index (χ2v) is 14.9. The average Bonchev–Trinajstić information content (AvgIpc) is 3.69. The number of hydrogen-bond acceptors (Lipinski definition) is 3. The first-order chi connectivity index (χ1) is 29.3. The van der Waals surface area contributed by atoms with Gasteiger partial charge in [-0.3, -0.25) is 0 Å². The third kappa shape index (κ3) is 6.17. The van der Waals surface area contributed by atoms with Crippen molar-refractivity contribution in [2.24, 2.45) is 0 Å². The fraction of sp³-hybridized carbons (Fsp3) is 0. The zero-order valence-corrected chi connectivity index (χ0v) is 32.2. The summed E-state index contributed by atoms with van der Waals surface area (Å²) in [5.74, 6) is 0. The summed E-state index contributed by atoms with van der Waals surface area (Å²) in [6.07, 6.45) is 0. The van der Waals surface area contributed by atoms with E-state index < -0.39 is 0 Å². The van der Waals surface area contributed by atoms with Gasteiger partial charge in [0.1, 0.15) is 11.2 Å². The number of fused-ring (bicyclic) bond motifs is 5. The summed E-state index contributed by atoms with van der Waals surface area (Å²) in [6, 6.07) is 82.3. The van der Waals surface area contributed by atoms with Gasteiger partial charge in [0, 0.05) is 34.2 Å². The first-order valence-corrected chi connectivity index (χ1v) is 20.1. The van der Waals surface area contributed by atoms with E-state index in [-0.39, 0.29) is 0 Å². The van der Waals surface area contributed by atoms with Crippen molar-refractivity contribution in [2.45, 2.75) is 0 Å². The Bertz CT molecular complexity index is 3250. The summed E-state index contributed by atoms with van der Waals surface area (Å²) in [6.45, 7) is 0. The molecule has 0 bridgehead atoms. The number of nitrogens with zero attached hydrogens (tertiary/aromatic N) is 2. The van der Waals surface area contributed by atoms with Crippen LogP contribution in [0.2, 0.25) is 0 Å². The molecule has 1 heterocycles. The van der Waals surface area contributed by atoms with Crippen LogP contribution in [0.15, 0.2) is 235 Å². The van der Waals surface area contributed by atoms with Gasteiger partial charge in [0.2, 0.25) is 0 Å². The minimum atomic E-state index is 0.820. The Hall–Kier alpha value is -7.88. The van der Waals surface area contributed by atoms with E-state index >= 15 is 0 Å². The predicted octanol–water partition coefficient (Wildman–Crippen LogP) is 16.2. The zero-order valence-electron chi connectivity index (χ0n) is 32.2. The molecule has 0 saturated carbocycles. The molecular weight excluding hydrogens is 717 g/mol. The molecule has 278 valence electrons. The van der Waals surface area contributed by atoms with Crippen molar-refractivity contribution in [1.82, 2.24) is 0 Å². The fourth-order valence-corrected chi connectivity index (χ4v) is 8.69. The molecule has 3 heteroatoms. The third-order valence-corrected chi connectivity index (χ3v) is 11.4. The first-order valence-electron chi connectivity index (χ1n) is 20.1. The quantitative estimate of drug-likeness (QED) is 0.154. The van der Waals surface area contributed by atoms with E-state index in [4.69, 9.17) is 4.42 Å². The molecule has 0 fully saturated rings. The van der Waals surface area contributed by atoms with Gasteiger partial charge in [-0.05, 0) is 104 Å². The Balaban J connectivity index is 1.10. The average molecular weight is 755 g/mol. The van der Waals surface area contributed by atoms with Crippen LogP contribution in [0.3, 0.4) is 0 Å². The first kappa shape index (κ1) is 34.4. The molecule has 0 radical (unpaired) electrons. The second kappa shape index (κ2) is 14.6. The highest BCUT2D eigenvalue weighted by Gasteiger charge is 2.24. The Morgan fingerprint density at radius 2 is 0.729 bits per heavy atom. The van der Waals surface area contributed by atoms with Crippen LogP contribution in [-0.4, -0.2) is 0 Å².